The van der Waals surface area contributed by atoms with Gasteiger partial charge in [0, 0.05) is 6.54 Å². The molecule has 6 heteroatoms. The van der Waals surface area contributed by atoms with E-state index in [9.17, 15) is 0 Å². The number of hydrogen-bond acceptors (Lipinski definition) is 4. The summed E-state index contributed by atoms with van der Waals surface area (Å²) in [5.41, 5.74) is 5.51. The second-order valence-corrected chi connectivity index (χ2v) is 3.00. The molecule has 1 aromatic heterocycles. The van der Waals surface area contributed by atoms with Crippen molar-refractivity contribution in [1.29, 1.82) is 0 Å². The first-order valence-electron chi connectivity index (χ1n) is 4.19. The van der Waals surface area contributed by atoms with Crippen molar-refractivity contribution in [3.63, 3.8) is 0 Å². The van der Waals surface area contributed by atoms with Crippen LogP contribution in [-0.4, -0.2) is 26.4 Å². The van der Waals surface area contributed by atoms with Crippen molar-refractivity contribution >= 4 is 23.3 Å². The van der Waals surface area contributed by atoms with Gasteiger partial charge in [-0.1, -0.05) is 13.3 Å². The zero-order valence-electron chi connectivity index (χ0n) is 7.53. The lowest BCUT2D eigenvalue weighted by Gasteiger charge is -2.06. The molecule has 0 bridgehead atoms. The Kier molecular flexibility index (Phi) is 3.63. The predicted molar refractivity (Wildman–Crippen MR) is 55.3 cm³/mol. The van der Waals surface area contributed by atoms with Gasteiger partial charge < -0.3 is 11.1 Å². The summed E-state index contributed by atoms with van der Waals surface area (Å²) >= 11 is 5.04. The van der Waals surface area contributed by atoms with Crippen LogP contribution >= 0.6 is 12.2 Å². The second-order valence-electron chi connectivity index (χ2n) is 2.62. The maximum atomic E-state index is 5.51. The van der Waals surface area contributed by atoms with Gasteiger partial charge in [0.2, 0.25) is 5.95 Å². The van der Waals surface area contributed by atoms with E-state index in [1.54, 1.807) is 0 Å². The van der Waals surface area contributed by atoms with Crippen LogP contribution in [0, 0.1) is 0 Å². The van der Waals surface area contributed by atoms with E-state index in [0.29, 0.717) is 11.1 Å². The minimum atomic E-state index is 0.314. The molecule has 0 unspecified atom stereocenters. The standard InChI is InChI=1S/C7H13N5S/c1-2-3-4-9-7(13)12-6(8)10-5-11-12/h5H,2-4H2,1H3,(H,9,13)(H2,8,10,11). The number of aromatic nitrogens is 3. The molecule has 0 atom stereocenters. The number of nitrogens with zero attached hydrogens (tertiary/aromatic N) is 3. The van der Waals surface area contributed by atoms with Gasteiger partial charge >= 0.3 is 0 Å². The maximum absolute atomic E-state index is 5.51. The van der Waals surface area contributed by atoms with Crippen LogP contribution in [0.25, 0.3) is 0 Å². The SMILES string of the molecule is CCCCNC(=S)n1ncnc1N. The predicted octanol–water partition coefficient (Wildman–Crippen LogP) is 0.383. The fraction of sp³-hybridized carbons (Fsp3) is 0.571. The molecule has 0 aliphatic heterocycles. The Hall–Kier alpha value is -1.17. The molecule has 1 rings (SSSR count). The van der Waals surface area contributed by atoms with E-state index in [2.05, 4.69) is 22.3 Å². The number of rotatable bonds is 3. The van der Waals surface area contributed by atoms with Gasteiger partial charge in [-0.3, -0.25) is 0 Å². The maximum Gasteiger partial charge on any atom is 0.225 e. The largest absolute Gasteiger partial charge is 0.368 e. The topological polar surface area (TPSA) is 68.8 Å². The molecular weight excluding hydrogens is 186 g/mol. The van der Waals surface area contributed by atoms with Gasteiger partial charge in [0.1, 0.15) is 6.33 Å². The molecular formula is C7H13N5S. The fourth-order valence-electron chi connectivity index (χ4n) is 0.854. The van der Waals surface area contributed by atoms with Crippen LogP contribution < -0.4 is 11.1 Å². The van der Waals surface area contributed by atoms with Gasteiger partial charge in [-0.25, -0.2) is 0 Å². The highest BCUT2D eigenvalue weighted by Crippen LogP contribution is 1.93. The first-order valence-corrected chi connectivity index (χ1v) is 4.60. The van der Waals surface area contributed by atoms with Crippen molar-refractivity contribution in [3.05, 3.63) is 6.33 Å². The second kappa shape index (κ2) is 4.76. The van der Waals surface area contributed by atoms with Gasteiger partial charge in [-0.05, 0) is 18.6 Å². The summed E-state index contributed by atoms with van der Waals surface area (Å²) in [4.78, 5) is 3.77. The van der Waals surface area contributed by atoms with E-state index in [-0.39, 0.29) is 0 Å². The van der Waals surface area contributed by atoms with E-state index in [1.165, 1.54) is 11.0 Å². The van der Waals surface area contributed by atoms with E-state index in [1.807, 2.05) is 0 Å². The van der Waals surface area contributed by atoms with Gasteiger partial charge in [-0.2, -0.15) is 14.8 Å². The Balaban J connectivity index is 2.45. The molecule has 0 aliphatic carbocycles. The number of anilines is 1. The van der Waals surface area contributed by atoms with E-state index in [4.69, 9.17) is 18.0 Å². The van der Waals surface area contributed by atoms with Crippen molar-refractivity contribution in [2.24, 2.45) is 0 Å². The first-order chi connectivity index (χ1) is 6.25. The highest BCUT2D eigenvalue weighted by molar-refractivity contribution is 7.80. The van der Waals surface area contributed by atoms with Gasteiger partial charge in [0.25, 0.3) is 0 Å². The van der Waals surface area contributed by atoms with Crippen molar-refractivity contribution in [2.75, 3.05) is 12.3 Å². The number of nitrogen functional groups attached to an aromatic ring is 1. The summed E-state index contributed by atoms with van der Waals surface area (Å²) in [6.07, 6.45) is 3.58. The fourth-order valence-corrected chi connectivity index (χ4v) is 1.10. The van der Waals surface area contributed by atoms with Gasteiger partial charge in [-0.15, -0.1) is 0 Å². The quantitative estimate of drug-likeness (QED) is 0.544. The molecule has 0 spiro atoms. The number of nitrogens with one attached hydrogen (secondary N) is 1. The van der Waals surface area contributed by atoms with Crippen LogP contribution in [0.2, 0.25) is 0 Å². The van der Waals surface area contributed by atoms with Gasteiger partial charge in [0.15, 0.2) is 5.11 Å². The van der Waals surface area contributed by atoms with Gasteiger partial charge in [0.05, 0.1) is 0 Å². The average Bonchev–Trinajstić information content (AvgIpc) is 2.52. The summed E-state index contributed by atoms with van der Waals surface area (Å²) in [5.74, 6) is 0.314. The third-order valence-corrected chi connectivity index (χ3v) is 1.89. The molecule has 0 saturated heterocycles. The molecule has 13 heavy (non-hydrogen) atoms. The normalized spacial score (nSPS) is 9.92. The lowest BCUT2D eigenvalue weighted by molar-refractivity contribution is 0.739. The monoisotopic (exact) mass is 199 g/mol. The molecule has 0 radical (unpaired) electrons. The zero-order chi connectivity index (χ0) is 9.68. The first kappa shape index (κ1) is 9.91. The van der Waals surface area contributed by atoms with E-state index in [0.717, 1.165) is 19.4 Å². The number of thiocarbonyl (C=S) groups is 1. The third kappa shape index (κ3) is 2.66. The summed E-state index contributed by atoms with van der Waals surface area (Å²) < 4.78 is 1.41. The molecule has 72 valence electrons. The van der Waals surface area contributed by atoms with Crippen molar-refractivity contribution in [2.45, 2.75) is 19.8 Å². The van der Waals surface area contributed by atoms with Crippen LogP contribution in [0.4, 0.5) is 5.95 Å². The van der Waals surface area contributed by atoms with Crippen molar-refractivity contribution in [3.8, 4) is 0 Å². The van der Waals surface area contributed by atoms with Crippen LogP contribution in [0.15, 0.2) is 6.33 Å². The Labute approximate surface area is 82.3 Å². The third-order valence-electron chi connectivity index (χ3n) is 1.57. The Morgan fingerprint density at radius 1 is 1.77 bits per heavy atom. The lowest BCUT2D eigenvalue weighted by atomic mass is 10.3. The molecule has 1 aromatic rings. The lowest BCUT2D eigenvalue weighted by Crippen LogP contribution is -2.30. The summed E-state index contributed by atoms with van der Waals surface area (Å²) in [7, 11) is 0. The summed E-state index contributed by atoms with van der Waals surface area (Å²) in [5, 5.41) is 7.41. The highest BCUT2D eigenvalue weighted by Gasteiger charge is 2.03. The number of unbranched alkanes of at least 4 members (excludes halogenated alkanes) is 1. The molecule has 0 aliphatic rings. The molecule has 3 N–H and O–H groups in total. The van der Waals surface area contributed by atoms with E-state index >= 15 is 0 Å². The Morgan fingerprint density at radius 2 is 2.54 bits per heavy atom. The Bertz CT molecular complexity index is 282. The summed E-state index contributed by atoms with van der Waals surface area (Å²) in [6.45, 7) is 2.96. The van der Waals surface area contributed by atoms with E-state index < -0.39 is 0 Å². The molecule has 0 aromatic carbocycles. The smallest absolute Gasteiger partial charge is 0.225 e. The highest BCUT2D eigenvalue weighted by atomic mass is 32.1. The minimum absolute atomic E-state index is 0.314. The van der Waals surface area contributed by atoms with Crippen LogP contribution in [0.1, 0.15) is 19.8 Å². The Morgan fingerprint density at radius 3 is 3.08 bits per heavy atom. The molecule has 5 nitrogen and oxygen atoms in total. The number of nitrogens with two attached hydrogens (primary N) is 1. The average molecular weight is 199 g/mol. The molecule has 1 heterocycles. The van der Waals surface area contributed by atoms with Crippen molar-refractivity contribution < 1.29 is 0 Å². The zero-order valence-corrected chi connectivity index (χ0v) is 8.34. The molecule has 0 fully saturated rings. The van der Waals surface area contributed by atoms with Crippen LogP contribution in [-0.2, 0) is 0 Å². The number of hydrogen-bond donors (Lipinski definition) is 2. The summed E-state index contributed by atoms with van der Waals surface area (Å²) in [6, 6.07) is 0. The van der Waals surface area contributed by atoms with Crippen molar-refractivity contribution in [1.82, 2.24) is 20.1 Å². The van der Waals surface area contributed by atoms with Crippen LogP contribution in [0.5, 0.6) is 0 Å². The van der Waals surface area contributed by atoms with Crippen LogP contribution in [0.3, 0.4) is 0 Å². The molecule has 0 saturated carbocycles. The molecule has 0 amide bonds. The minimum Gasteiger partial charge on any atom is -0.368 e.